The fraction of sp³-hybridized carbons (Fsp3) is 0.200. The average molecular weight is 513 g/mol. The Bertz CT molecular complexity index is 1080. The summed E-state index contributed by atoms with van der Waals surface area (Å²) in [5.41, 5.74) is 3.45. The van der Waals surface area contributed by atoms with E-state index in [1.165, 1.54) is 5.56 Å². The van der Waals surface area contributed by atoms with Gasteiger partial charge < -0.3 is 18.9 Å². The van der Waals surface area contributed by atoms with Crippen molar-refractivity contribution in [3.8, 4) is 17.2 Å². The fourth-order valence-corrected chi connectivity index (χ4v) is 3.29. The van der Waals surface area contributed by atoms with Gasteiger partial charge in [0.25, 0.3) is 0 Å². The van der Waals surface area contributed by atoms with Crippen LogP contribution in [0.15, 0.2) is 66.7 Å². The molecule has 33 heavy (non-hydrogen) atoms. The second kappa shape index (κ2) is 11.9. The molecule has 8 heteroatoms. The first-order valence-corrected chi connectivity index (χ1v) is 11.2. The minimum Gasteiger partial charge on any atom is -0.497 e. The Morgan fingerprint density at radius 2 is 1.48 bits per heavy atom. The molecule has 0 aliphatic rings. The maximum absolute atomic E-state index is 12.1. The first-order chi connectivity index (χ1) is 16.0. The van der Waals surface area contributed by atoms with E-state index in [1.807, 2.05) is 24.3 Å². The van der Waals surface area contributed by atoms with E-state index in [0.29, 0.717) is 23.7 Å². The molecular weight excluding hydrogens is 488 g/mol. The van der Waals surface area contributed by atoms with Crippen LogP contribution in [0.2, 0.25) is 0 Å². The van der Waals surface area contributed by atoms with Gasteiger partial charge in [0.05, 0.1) is 14.2 Å². The molecule has 0 unspecified atom stereocenters. The van der Waals surface area contributed by atoms with Crippen LogP contribution < -0.4 is 19.5 Å². The standard InChI is InChI=1S/C25H25BrN2O5/c1-30-21-10-7-19(8-11-21)16-33-25(29)28-24(27)20-9-12-22(31-2)23(13-20)32-15-18-5-3-17(14-26)4-6-18/h3-13H,14-16H2,1-2H3,(H2,27,28,29). The molecule has 0 atom stereocenters. The number of benzene rings is 3. The molecule has 3 aromatic rings. The Morgan fingerprint density at radius 1 is 0.848 bits per heavy atom. The Morgan fingerprint density at radius 3 is 2.12 bits per heavy atom. The Labute approximate surface area is 201 Å². The normalized spacial score (nSPS) is 10.3. The van der Waals surface area contributed by atoms with Crippen LogP contribution >= 0.6 is 15.9 Å². The van der Waals surface area contributed by atoms with Gasteiger partial charge in [-0.3, -0.25) is 10.7 Å². The number of amidine groups is 1. The van der Waals surface area contributed by atoms with Gasteiger partial charge >= 0.3 is 6.09 Å². The topological polar surface area (TPSA) is 89.9 Å². The van der Waals surface area contributed by atoms with E-state index in [1.54, 1.807) is 56.7 Å². The summed E-state index contributed by atoms with van der Waals surface area (Å²) in [6, 6.07) is 20.2. The second-order valence-corrected chi connectivity index (χ2v) is 7.59. The number of methoxy groups -OCH3 is 2. The summed E-state index contributed by atoms with van der Waals surface area (Å²) in [7, 11) is 3.13. The zero-order valence-electron chi connectivity index (χ0n) is 18.4. The van der Waals surface area contributed by atoms with Crippen LogP contribution in [0.3, 0.4) is 0 Å². The van der Waals surface area contributed by atoms with E-state index < -0.39 is 6.09 Å². The van der Waals surface area contributed by atoms with Gasteiger partial charge in [0.15, 0.2) is 11.5 Å². The second-order valence-electron chi connectivity index (χ2n) is 7.03. The van der Waals surface area contributed by atoms with Crippen molar-refractivity contribution >= 4 is 27.9 Å². The predicted octanol–water partition coefficient (Wildman–Crippen LogP) is 5.43. The lowest BCUT2D eigenvalue weighted by molar-refractivity contribution is 0.145. The Hall–Kier alpha value is -3.52. The molecule has 0 heterocycles. The minimum atomic E-state index is -0.721. The van der Waals surface area contributed by atoms with E-state index in [2.05, 4.69) is 21.2 Å². The third kappa shape index (κ3) is 6.98. The summed E-state index contributed by atoms with van der Waals surface area (Å²) in [5, 5.41) is 11.5. The van der Waals surface area contributed by atoms with Crippen molar-refractivity contribution in [2.24, 2.45) is 0 Å². The van der Waals surface area contributed by atoms with Crippen LogP contribution in [-0.2, 0) is 23.3 Å². The minimum absolute atomic E-state index is 0.0773. The van der Waals surface area contributed by atoms with Crippen molar-refractivity contribution in [2.75, 3.05) is 14.2 Å². The maximum Gasteiger partial charge on any atom is 0.413 e. The first-order valence-electron chi connectivity index (χ1n) is 10.1. The number of nitrogens with one attached hydrogen (secondary N) is 2. The predicted molar refractivity (Wildman–Crippen MR) is 130 cm³/mol. The number of alkyl halides is 1. The Balaban J connectivity index is 1.59. The van der Waals surface area contributed by atoms with Crippen molar-refractivity contribution in [2.45, 2.75) is 18.5 Å². The molecule has 0 aliphatic carbocycles. The van der Waals surface area contributed by atoms with Crippen molar-refractivity contribution in [1.82, 2.24) is 5.32 Å². The van der Waals surface area contributed by atoms with E-state index in [0.717, 1.165) is 22.2 Å². The van der Waals surface area contributed by atoms with Gasteiger partial charge in [0, 0.05) is 10.9 Å². The molecule has 172 valence electrons. The highest BCUT2D eigenvalue weighted by molar-refractivity contribution is 9.08. The average Bonchev–Trinajstić information content (AvgIpc) is 2.86. The number of alkyl carbamates (subject to hydrolysis) is 1. The molecule has 1 amide bonds. The largest absolute Gasteiger partial charge is 0.497 e. The monoisotopic (exact) mass is 512 g/mol. The van der Waals surface area contributed by atoms with Crippen LogP contribution in [0.1, 0.15) is 22.3 Å². The third-order valence-electron chi connectivity index (χ3n) is 4.78. The first kappa shape index (κ1) is 24.1. The maximum atomic E-state index is 12.1. The van der Waals surface area contributed by atoms with Crippen LogP contribution in [0.4, 0.5) is 4.79 Å². The van der Waals surface area contributed by atoms with Crippen LogP contribution in [0, 0.1) is 5.41 Å². The van der Waals surface area contributed by atoms with E-state index in [-0.39, 0.29) is 12.4 Å². The van der Waals surface area contributed by atoms with Gasteiger partial charge in [-0.05, 0) is 47.0 Å². The Kier molecular flexibility index (Phi) is 8.71. The SMILES string of the molecule is COc1ccc(COC(=O)NC(=N)c2ccc(OC)c(OCc3ccc(CBr)cc3)c2)cc1. The highest BCUT2D eigenvalue weighted by atomic mass is 79.9. The van der Waals surface area contributed by atoms with Gasteiger partial charge in [0.1, 0.15) is 24.8 Å². The molecule has 0 spiro atoms. The van der Waals surface area contributed by atoms with Crippen LogP contribution in [0.25, 0.3) is 0 Å². The summed E-state index contributed by atoms with van der Waals surface area (Å²) in [5.74, 6) is 1.62. The molecule has 3 aromatic carbocycles. The molecule has 0 aliphatic heterocycles. The molecule has 7 nitrogen and oxygen atoms in total. The molecule has 0 saturated heterocycles. The van der Waals surface area contributed by atoms with E-state index in [4.69, 9.17) is 24.4 Å². The fourth-order valence-electron chi connectivity index (χ4n) is 2.91. The molecule has 0 aromatic heterocycles. The summed E-state index contributed by atoms with van der Waals surface area (Å²) < 4.78 is 21.6. The molecule has 0 radical (unpaired) electrons. The molecule has 3 rings (SSSR count). The lowest BCUT2D eigenvalue weighted by Crippen LogP contribution is -2.31. The highest BCUT2D eigenvalue weighted by Gasteiger charge is 2.13. The smallest absolute Gasteiger partial charge is 0.413 e. The lowest BCUT2D eigenvalue weighted by atomic mass is 10.1. The quantitative estimate of drug-likeness (QED) is 0.226. The third-order valence-corrected chi connectivity index (χ3v) is 5.43. The van der Waals surface area contributed by atoms with Crippen molar-refractivity contribution < 1.29 is 23.7 Å². The summed E-state index contributed by atoms with van der Waals surface area (Å²) >= 11 is 3.43. The number of rotatable bonds is 9. The number of halogens is 1. The lowest BCUT2D eigenvalue weighted by Gasteiger charge is -2.14. The van der Waals surface area contributed by atoms with Gasteiger partial charge in [-0.1, -0.05) is 52.3 Å². The van der Waals surface area contributed by atoms with Gasteiger partial charge in [-0.2, -0.15) is 0 Å². The number of hydrogen-bond donors (Lipinski definition) is 2. The van der Waals surface area contributed by atoms with E-state index in [9.17, 15) is 4.79 Å². The summed E-state index contributed by atoms with van der Waals surface area (Å²) in [6.45, 7) is 0.418. The van der Waals surface area contributed by atoms with Gasteiger partial charge in [-0.25, -0.2) is 4.79 Å². The molecule has 0 saturated carbocycles. The van der Waals surface area contributed by atoms with Crippen LogP contribution in [-0.4, -0.2) is 26.1 Å². The number of amides is 1. The van der Waals surface area contributed by atoms with Crippen molar-refractivity contribution in [1.29, 1.82) is 5.41 Å². The summed E-state index contributed by atoms with van der Waals surface area (Å²) in [4.78, 5) is 12.1. The molecule has 0 bridgehead atoms. The number of carbonyl (C=O) groups is 1. The zero-order chi connectivity index (χ0) is 23.6. The van der Waals surface area contributed by atoms with Crippen LogP contribution in [0.5, 0.6) is 17.2 Å². The van der Waals surface area contributed by atoms with E-state index >= 15 is 0 Å². The number of ether oxygens (including phenoxy) is 4. The highest BCUT2D eigenvalue weighted by Crippen LogP contribution is 2.29. The van der Waals surface area contributed by atoms with Crippen molar-refractivity contribution in [3.05, 3.63) is 89.0 Å². The summed E-state index contributed by atoms with van der Waals surface area (Å²) in [6.07, 6.45) is -0.721. The van der Waals surface area contributed by atoms with Gasteiger partial charge in [0.2, 0.25) is 0 Å². The van der Waals surface area contributed by atoms with Gasteiger partial charge in [-0.15, -0.1) is 0 Å². The molecular formula is C25H25BrN2O5. The van der Waals surface area contributed by atoms with Crippen molar-refractivity contribution in [3.63, 3.8) is 0 Å². The zero-order valence-corrected chi connectivity index (χ0v) is 20.0. The molecule has 2 N–H and O–H groups in total. The number of hydrogen-bond acceptors (Lipinski definition) is 6. The number of carbonyl (C=O) groups excluding carboxylic acids is 1. The molecule has 0 fully saturated rings.